The number of amides is 1. The molecule has 1 aromatic carbocycles. The van der Waals surface area contributed by atoms with Crippen molar-refractivity contribution in [2.24, 2.45) is 5.92 Å². The molecule has 5 rings (SSSR count). The van der Waals surface area contributed by atoms with Crippen LogP contribution in [0.2, 0.25) is 0 Å². The normalized spacial score (nSPS) is 14.3. The Balaban J connectivity index is 1.25. The third kappa shape index (κ3) is 4.71. The van der Waals surface area contributed by atoms with E-state index in [1.54, 1.807) is 18.6 Å². The van der Waals surface area contributed by atoms with Gasteiger partial charge in [0, 0.05) is 55.9 Å². The molecule has 34 heavy (non-hydrogen) atoms. The predicted molar refractivity (Wildman–Crippen MR) is 131 cm³/mol. The standard InChI is InChI=1S/C26H28N6O2/c1-2-34-22-7-5-20(6-8-22)23-16-24-25(28-12-15-32(24)30-23)31-13-9-21(10-14-31)26(33)29-18-19-4-3-11-27-17-19/h3-8,11-12,15-17,21H,2,9-10,13-14,18H2,1H3,(H,29,33). The van der Waals surface area contributed by atoms with Gasteiger partial charge in [-0.2, -0.15) is 5.10 Å². The number of piperidine rings is 1. The van der Waals surface area contributed by atoms with E-state index in [9.17, 15) is 4.79 Å². The summed E-state index contributed by atoms with van der Waals surface area (Å²) in [6.07, 6.45) is 8.75. The molecular weight excluding hydrogens is 428 g/mol. The number of benzene rings is 1. The fourth-order valence-electron chi connectivity index (χ4n) is 4.37. The molecule has 1 N–H and O–H groups in total. The summed E-state index contributed by atoms with van der Waals surface area (Å²) in [5.74, 6) is 1.87. The number of hydrogen-bond donors (Lipinski definition) is 1. The second-order valence-electron chi connectivity index (χ2n) is 8.41. The maximum absolute atomic E-state index is 12.7. The van der Waals surface area contributed by atoms with Gasteiger partial charge in [-0.05, 0) is 61.7 Å². The molecular formula is C26H28N6O2. The van der Waals surface area contributed by atoms with Crippen molar-refractivity contribution < 1.29 is 9.53 Å². The van der Waals surface area contributed by atoms with E-state index in [1.807, 2.05) is 54.0 Å². The van der Waals surface area contributed by atoms with Crippen LogP contribution in [0.5, 0.6) is 5.75 Å². The number of fused-ring (bicyclic) bond motifs is 1. The molecule has 1 fully saturated rings. The average Bonchev–Trinajstić information content (AvgIpc) is 3.33. The lowest BCUT2D eigenvalue weighted by molar-refractivity contribution is -0.125. The number of aromatic nitrogens is 4. The summed E-state index contributed by atoms with van der Waals surface area (Å²) in [5.41, 5.74) is 3.89. The summed E-state index contributed by atoms with van der Waals surface area (Å²) in [5, 5.41) is 7.80. The number of carbonyl (C=O) groups is 1. The lowest BCUT2D eigenvalue weighted by atomic mass is 9.95. The number of ether oxygens (including phenoxy) is 1. The van der Waals surface area contributed by atoms with Crippen molar-refractivity contribution >= 4 is 17.2 Å². The van der Waals surface area contributed by atoms with Gasteiger partial charge >= 0.3 is 0 Å². The molecule has 1 aliphatic heterocycles. The number of nitrogens with one attached hydrogen (secondary N) is 1. The molecule has 0 bridgehead atoms. The Bertz CT molecular complexity index is 1250. The second-order valence-corrected chi connectivity index (χ2v) is 8.41. The zero-order valence-electron chi connectivity index (χ0n) is 19.2. The van der Waals surface area contributed by atoms with E-state index in [2.05, 4.69) is 26.3 Å². The minimum Gasteiger partial charge on any atom is -0.494 e. The quantitative estimate of drug-likeness (QED) is 0.456. The van der Waals surface area contributed by atoms with Gasteiger partial charge in [-0.15, -0.1) is 0 Å². The maximum Gasteiger partial charge on any atom is 0.223 e. The molecule has 3 aromatic heterocycles. The van der Waals surface area contributed by atoms with Gasteiger partial charge < -0.3 is 15.0 Å². The Labute approximate surface area is 198 Å². The number of pyridine rings is 1. The molecule has 0 aliphatic carbocycles. The first kappa shape index (κ1) is 21.9. The van der Waals surface area contributed by atoms with E-state index < -0.39 is 0 Å². The number of anilines is 1. The molecule has 0 unspecified atom stereocenters. The molecule has 1 aliphatic rings. The first-order valence-corrected chi connectivity index (χ1v) is 11.7. The van der Waals surface area contributed by atoms with Crippen LogP contribution in [0.15, 0.2) is 67.3 Å². The Kier molecular flexibility index (Phi) is 6.38. The molecule has 4 aromatic rings. The summed E-state index contributed by atoms with van der Waals surface area (Å²) >= 11 is 0. The minimum absolute atomic E-state index is 0.0111. The largest absolute Gasteiger partial charge is 0.494 e. The summed E-state index contributed by atoms with van der Waals surface area (Å²) in [6, 6.07) is 13.9. The first-order chi connectivity index (χ1) is 16.7. The number of rotatable bonds is 7. The van der Waals surface area contributed by atoms with Gasteiger partial charge in [0.15, 0.2) is 5.82 Å². The Morgan fingerprint density at radius 1 is 1.15 bits per heavy atom. The monoisotopic (exact) mass is 456 g/mol. The van der Waals surface area contributed by atoms with Crippen molar-refractivity contribution in [2.45, 2.75) is 26.3 Å². The van der Waals surface area contributed by atoms with Gasteiger partial charge in [-0.1, -0.05) is 6.07 Å². The SMILES string of the molecule is CCOc1ccc(-c2cc3c(N4CCC(C(=O)NCc5cccnc5)CC4)nccn3n2)cc1. The van der Waals surface area contributed by atoms with E-state index in [1.165, 1.54) is 0 Å². The highest BCUT2D eigenvalue weighted by atomic mass is 16.5. The molecule has 174 valence electrons. The van der Waals surface area contributed by atoms with Crippen LogP contribution >= 0.6 is 0 Å². The molecule has 0 atom stereocenters. The molecule has 8 nitrogen and oxygen atoms in total. The average molecular weight is 457 g/mol. The maximum atomic E-state index is 12.7. The van der Waals surface area contributed by atoms with E-state index >= 15 is 0 Å². The summed E-state index contributed by atoms with van der Waals surface area (Å²) in [6.45, 7) is 4.69. The summed E-state index contributed by atoms with van der Waals surface area (Å²) in [7, 11) is 0. The fourth-order valence-corrected chi connectivity index (χ4v) is 4.37. The van der Waals surface area contributed by atoms with Crippen molar-refractivity contribution in [3.8, 4) is 17.0 Å². The lowest BCUT2D eigenvalue weighted by Crippen LogP contribution is -2.40. The first-order valence-electron chi connectivity index (χ1n) is 11.7. The highest BCUT2D eigenvalue weighted by Crippen LogP contribution is 2.29. The second kappa shape index (κ2) is 9.91. The van der Waals surface area contributed by atoms with Crippen molar-refractivity contribution in [3.05, 3.63) is 72.8 Å². The highest BCUT2D eigenvalue weighted by molar-refractivity contribution is 5.79. The van der Waals surface area contributed by atoms with E-state index in [0.717, 1.165) is 59.8 Å². The van der Waals surface area contributed by atoms with Crippen LogP contribution in [0.25, 0.3) is 16.8 Å². The zero-order valence-corrected chi connectivity index (χ0v) is 19.2. The molecule has 8 heteroatoms. The Morgan fingerprint density at radius 3 is 2.71 bits per heavy atom. The van der Waals surface area contributed by atoms with Crippen LogP contribution in [0, 0.1) is 5.92 Å². The van der Waals surface area contributed by atoms with Crippen LogP contribution in [0.3, 0.4) is 0 Å². The van der Waals surface area contributed by atoms with Crippen molar-refractivity contribution in [3.63, 3.8) is 0 Å². The van der Waals surface area contributed by atoms with Crippen LogP contribution in [-0.2, 0) is 11.3 Å². The van der Waals surface area contributed by atoms with Gasteiger partial charge in [0.25, 0.3) is 0 Å². The molecule has 0 saturated carbocycles. The van der Waals surface area contributed by atoms with Gasteiger partial charge in [-0.3, -0.25) is 9.78 Å². The summed E-state index contributed by atoms with van der Waals surface area (Å²) < 4.78 is 7.42. The van der Waals surface area contributed by atoms with Crippen molar-refractivity contribution in [1.82, 2.24) is 24.9 Å². The van der Waals surface area contributed by atoms with Gasteiger partial charge in [0.05, 0.1) is 12.3 Å². The van der Waals surface area contributed by atoms with E-state index in [0.29, 0.717) is 13.2 Å². The molecule has 0 radical (unpaired) electrons. The lowest BCUT2D eigenvalue weighted by Gasteiger charge is -2.32. The minimum atomic E-state index is 0.0111. The van der Waals surface area contributed by atoms with E-state index in [-0.39, 0.29) is 11.8 Å². The molecule has 1 amide bonds. The van der Waals surface area contributed by atoms with Crippen molar-refractivity contribution in [2.75, 3.05) is 24.6 Å². The van der Waals surface area contributed by atoms with Crippen LogP contribution in [0.1, 0.15) is 25.3 Å². The van der Waals surface area contributed by atoms with Crippen LogP contribution in [0.4, 0.5) is 5.82 Å². The fraction of sp³-hybridized carbons (Fsp3) is 0.308. The molecule has 1 saturated heterocycles. The molecule has 0 spiro atoms. The molecule has 4 heterocycles. The van der Waals surface area contributed by atoms with E-state index in [4.69, 9.17) is 9.84 Å². The summed E-state index contributed by atoms with van der Waals surface area (Å²) in [4.78, 5) is 23.7. The number of hydrogen-bond acceptors (Lipinski definition) is 6. The number of carbonyl (C=O) groups excluding carboxylic acids is 1. The number of nitrogens with zero attached hydrogens (tertiary/aromatic N) is 5. The van der Waals surface area contributed by atoms with Crippen LogP contribution in [-0.4, -0.2) is 45.2 Å². The third-order valence-electron chi connectivity index (χ3n) is 6.19. The van der Waals surface area contributed by atoms with Gasteiger partial charge in [-0.25, -0.2) is 9.50 Å². The van der Waals surface area contributed by atoms with Gasteiger partial charge in [0.1, 0.15) is 11.3 Å². The smallest absolute Gasteiger partial charge is 0.223 e. The third-order valence-corrected chi connectivity index (χ3v) is 6.19. The predicted octanol–water partition coefficient (Wildman–Crippen LogP) is 3.72. The zero-order chi connectivity index (χ0) is 23.3. The Morgan fingerprint density at radius 2 is 1.97 bits per heavy atom. The highest BCUT2D eigenvalue weighted by Gasteiger charge is 2.26. The van der Waals surface area contributed by atoms with Gasteiger partial charge in [0.2, 0.25) is 5.91 Å². The van der Waals surface area contributed by atoms with Crippen LogP contribution < -0.4 is 15.0 Å². The van der Waals surface area contributed by atoms with Crippen molar-refractivity contribution in [1.29, 1.82) is 0 Å². The topological polar surface area (TPSA) is 84.6 Å². The Hall–Kier alpha value is -3.94.